The van der Waals surface area contributed by atoms with Crippen molar-refractivity contribution in [2.24, 2.45) is 5.73 Å². The summed E-state index contributed by atoms with van der Waals surface area (Å²) in [5.74, 6) is 0. The summed E-state index contributed by atoms with van der Waals surface area (Å²) in [6.07, 6.45) is 6.00. The highest BCUT2D eigenvalue weighted by Crippen LogP contribution is 2.15. The van der Waals surface area contributed by atoms with Gasteiger partial charge in [-0.3, -0.25) is 0 Å². The van der Waals surface area contributed by atoms with Gasteiger partial charge in [-0.05, 0) is 0 Å². The minimum absolute atomic E-state index is 0.0972. The van der Waals surface area contributed by atoms with E-state index < -0.39 is 0 Å². The second-order valence-electron chi connectivity index (χ2n) is 1.93. The number of aliphatic hydroxyl groups excluding tert-OH is 1. The highest BCUT2D eigenvalue weighted by atomic mass is 16.3. The van der Waals surface area contributed by atoms with Gasteiger partial charge in [0.15, 0.2) is 0 Å². The van der Waals surface area contributed by atoms with E-state index in [1.165, 1.54) is 25.7 Å². The van der Waals surface area contributed by atoms with E-state index in [0.717, 1.165) is 0 Å². The number of hydrogen-bond donors (Lipinski definition) is 2. The van der Waals surface area contributed by atoms with E-state index in [1.54, 1.807) is 0 Å². The Morgan fingerprint density at radius 1 is 1.10 bits per heavy atom. The zero-order valence-corrected chi connectivity index (χ0v) is 7.27. The van der Waals surface area contributed by atoms with Crippen molar-refractivity contribution < 1.29 is 5.11 Å². The highest BCUT2D eigenvalue weighted by molar-refractivity contribution is 4.50. The van der Waals surface area contributed by atoms with Crippen LogP contribution in [0.5, 0.6) is 0 Å². The van der Waals surface area contributed by atoms with Gasteiger partial charge in [0.1, 0.15) is 0 Å². The molecule has 10 heavy (non-hydrogen) atoms. The Balaban J connectivity index is 0. The first-order valence-corrected chi connectivity index (χ1v) is 4.22. The minimum atomic E-state index is 0.0972. The summed E-state index contributed by atoms with van der Waals surface area (Å²) >= 11 is 0. The minimum Gasteiger partial charge on any atom is -0.395 e. The van der Waals surface area contributed by atoms with Gasteiger partial charge in [-0.25, -0.2) is 0 Å². The van der Waals surface area contributed by atoms with Gasteiger partial charge in [-0.2, -0.15) is 0 Å². The van der Waals surface area contributed by atoms with Crippen molar-refractivity contribution in [3.05, 3.63) is 0 Å². The predicted molar refractivity (Wildman–Crippen MR) is 46.0 cm³/mol. The molecule has 1 rings (SSSR count). The van der Waals surface area contributed by atoms with Crippen LogP contribution >= 0.6 is 0 Å². The maximum atomic E-state index is 7.75. The Hall–Kier alpha value is -0.0800. The third-order valence-corrected chi connectivity index (χ3v) is 1.13. The molecule has 0 aliphatic heterocycles. The largest absolute Gasteiger partial charge is 0.395 e. The topological polar surface area (TPSA) is 46.2 Å². The van der Waals surface area contributed by atoms with Gasteiger partial charge in [0.05, 0.1) is 6.61 Å². The quantitative estimate of drug-likeness (QED) is 0.590. The molecule has 1 saturated carbocycles. The summed E-state index contributed by atoms with van der Waals surface area (Å²) in [5, 5.41) is 7.75. The van der Waals surface area contributed by atoms with Crippen molar-refractivity contribution in [1.82, 2.24) is 0 Å². The van der Waals surface area contributed by atoms with Crippen LogP contribution in [0.3, 0.4) is 0 Å². The van der Waals surface area contributed by atoms with Crippen LogP contribution in [0.25, 0.3) is 0 Å². The maximum absolute atomic E-state index is 7.75. The SMILES string of the molecule is C1CCC1.CC.NCCO. The Kier molecular flexibility index (Phi) is 20.1. The van der Waals surface area contributed by atoms with Crippen LogP contribution in [0.4, 0.5) is 0 Å². The fourth-order valence-electron chi connectivity index (χ4n) is 0.250. The number of nitrogens with two attached hydrogens (primary N) is 1. The van der Waals surface area contributed by atoms with Gasteiger partial charge in [-0.15, -0.1) is 0 Å². The summed E-state index contributed by atoms with van der Waals surface area (Å²) in [7, 11) is 0. The molecule has 0 aromatic carbocycles. The Bertz CT molecular complexity index is 30.2. The van der Waals surface area contributed by atoms with Crippen molar-refractivity contribution >= 4 is 0 Å². The maximum Gasteiger partial charge on any atom is 0.0553 e. The smallest absolute Gasteiger partial charge is 0.0553 e. The van der Waals surface area contributed by atoms with Crippen LogP contribution < -0.4 is 5.73 Å². The fourth-order valence-corrected chi connectivity index (χ4v) is 0.250. The molecule has 0 radical (unpaired) electrons. The van der Waals surface area contributed by atoms with Gasteiger partial charge in [-0.1, -0.05) is 39.5 Å². The molecule has 0 heterocycles. The molecule has 2 heteroatoms. The second kappa shape index (κ2) is 16.0. The van der Waals surface area contributed by atoms with Crippen LogP contribution in [0.1, 0.15) is 39.5 Å². The molecule has 0 aromatic heterocycles. The molecule has 0 bridgehead atoms. The molecular weight excluding hydrogens is 126 g/mol. The first kappa shape index (κ1) is 12.6. The summed E-state index contributed by atoms with van der Waals surface area (Å²) in [6.45, 7) is 4.47. The van der Waals surface area contributed by atoms with Crippen LogP contribution in [-0.2, 0) is 0 Å². The van der Waals surface area contributed by atoms with Gasteiger partial charge in [0, 0.05) is 6.54 Å². The lowest BCUT2D eigenvalue weighted by Gasteiger charge is -2.05. The zero-order valence-electron chi connectivity index (χ0n) is 7.27. The fraction of sp³-hybridized carbons (Fsp3) is 1.00. The third kappa shape index (κ3) is 15.7. The first-order valence-electron chi connectivity index (χ1n) is 4.22. The first-order chi connectivity index (χ1) is 4.91. The molecule has 0 spiro atoms. The van der Waals surface area contributed by atoms with E-state index in [0.29, 0.717) is 6.54 Å². The van der Waals surface area contributed by atoms with Crippen LogP contribution in [0.15, 0.2) is 0 Å². The van der Waals surface area contributed by atoms with Crippen LogP contribution in [-0.4, -0.2) is 18.3 Å². The molecular formula is C8H21NO. The average molecular weight is 147 g/mol. The highest BCUT2D eigenvalue weighted by Gasteiger charge is 1.95. The Labute approximate surface area is 64.4 Å². The van der Waals surface area contributed by atoms with Crippen molar-refractivity contribution in [3.63, 3.8) is 0 Å². The summed E-state index contributed by atoms with van der Waals surface area (Å²) in [6, 6.07) is 0. The summed E-state index contributed by atoms with van der Waals surface area (Å²) < 4.78 is 0. The third-order valence-electron chi connectivity index (χ3n) is 1.13. The molecule has 0 aromatic rings. The number of aliphatic hydroxyl groups is 1. The van der Waals surface area contributed by atoms with E-state index in [1.807, 2.05) is 13.8 Å². The lowest BCUT2D eigenvalue weighted by Crippen LogP contribution is -2.02. The molecule has 0 saturated heterocycles. The standard InChI is InChI=1S/C4H8.C2H7NO.C2H6/c1-2-4-3-1;3-1-2-4;1-2/h1-4H2;4H,1-3H2;1-2H3. The van der Waals surface area contributed by atoms with Crippen molar-refractivity contribution in [3.8, 4) is 0 Å². The molecule has 3 N–H and O–H groups in total. The zero-order chi connectivity index (χ0) is 8.24. The monoisotopic (exact) mass is 147 g/mol. The lowest BCUT2D eigenvalue weighted by atomic mass is 10.0. The van der Waals surface area contributed by atoms with Crippen LogP contribution in [0, 0.1) is 0 Å². The van der Waals surface area contributed by atoms with E-state index >= 15 is 0 Å². The number of hydrogen-bond acceptors (Lipinski definition) is 2. The molecule has 0 unspecified atom stereocenters. The van der Waals surface area contributed by atoms with Crippen molar-refractivity contribution in [2.45, 2.75) is 39.5 Å². The van der Waals surface area contributed by atoms with Crippen molar-refractivity contribution in [1.29, 1.82) is 0 Å². The van der Waals surface area contributed by atoms with Gasteiger partial charge >= 0.3 is 0 Å². The Morgan fingerprint density at radius 2 is 1.30 bits per heavy atom. The molecule has 1 fully saturated rings. The summed E-state index contributed by atoms with van der Waals surface area (Å²) in [5.41, 5.74) is 4.78. The van der Waals surface area contributed by atoms with E-state index in [9.17, 15) is 0 Å². The Morgan fingerprint density at radius 3 is 1.30 bits per heavy atom. The van der Waals surface area contributed by atoms with Gasteiger partial charge < -0.3 is 10.8 Å². The van der Waals surface area contributed by atoms with E-state index in [2.05, 4.69) is 0 Å². The van der Waals surface area contributed by atoms with Crippen molar-refractivity contribution in [2.75, 3.05) is 13.2 Å². The normalized spacial score (nSPS) is 13.2. The molecule has 64 valence electrons. The molecule has 1 aliphatic rings. The predicted octanol–water partition coefficient (Wildman–Crippen LogP) is 1.52. The summed E-state index contributed by atoms with van der Waals surface area (Å²) in [4.78, 5) is 0. The van der Waals surface area contributed by atoms with Gasteiger partial charge in [0.2, 0.25) is 0 Å². The second-order valence-corrected chi connectivity index (χ2v) is 1.93. The van der Waals surface area contributed by atoms with Crippen LogP contribution in [0.2, 0.25) is 0 Å². The molecule has 0 atom stereocenters. The molecule has 2 nitrogen and oxygen atoms in total. The van der Waals surface area contributed by atoms with E-state index in [4.69, 9.17) is 10.8 Å². The average Bonchev–Trinajstić information content (AvgIpc) is 1.89. The number of rotatable bonds is 1. The molecule has 1 aliphatic carbocycles. The van der Waals surface area contributed by atoms with E-state index in [-0.39, 0.29) is 6.61 Å². The van der Waals surface area contributed by atoms with Gasteiger partial charge in [0.25, 0.3) is 0 Å². The molecule has 0 amide bonds. The lowest BCUT2D eigenvalue weighted by molar-refractivity contribution is 0.306.